The van der Waals surface area contributed by atoms with Crippen molar-refractivity contribution >= 4 is 15.9 Å². The summed E-state index contributed by atoms with van der Waals surface area (Å²) >= 11 is 3.56. The molecule has 0 bridgehead atoms. The Labute approximate surface area is 133 Å². The van der Waals surface area contributed by atoms with Gasteiger partial charge in [0.1, 0.15) is 18.7 Å². The quantitative estimate of drug-likeness (QED) is 0.832. The van der Waals surface area contributed by atoms with Crippen LogP contribution in [-0.4, -0.2) is 21.3 Å². The fourth-order valence-electron chi connectivity index (χ4n) is 1.87. The molecule has 0 aliphatic heterocycles. The molecule has 0 aliphatic rings. The van der Waals surface area contributed by atoms with E-state index in [0.29, 0.717) is 12.5 Å². The van der Waals surface area contributed by atoms with Crippen molar-refractivity contribution in [3.05, 3.63) is 40.4 Å². The molecule has 1 aromatic carbocycles. The summed E-state index contributed by atoms with van der Waals surface area (Å²) in [4.78, 5) is 4.14. The van der Waals surface area contributed by atoms with E-state index in [9.17, 15) is 0 Å². The number of benzene rings is 1. The van der Waals surface area contributed by atoms with Crippen molar-refractivity contribution in [2.75, 3.05) is 6.54 Å². The van der Waals surface area contributed by atoms with Crippen LogP contribution in [0.5, 0.6) is 5.75 Å². The van der Waals surface area contributed by atoms with Crippen molar-refractivity contribution in [1.82, 2.24) is 20.1 Å². The normalized spacial score (nSPS) is 11.1. The maximum atomic E-state index is 5.77. The number of aryl methyl sites for hydroxylation is 1. The molecule has 114 valence electrons. The Kier molecular flexibility index (Phi) is 5.76. The molecule has 0 spiro atoms. The standard InChI is InChI=1S/C15H21BrN4O/c1-11(2)7-17-8-12-4-5-14(13(16)6-12)21-9-15-18-10-19-20(15)3/h4-6,10-11,17H,7-9H2,1-3H3. The Morgan fingerprint density at radius 3 is 2.81 bits per heavy atom. The third-order valence-electron chi connectivity index (χ3n) is 3.04. The van der Waals surface area contributed by atoms with Gasteiger partial charge in [-0.3, -0.25) is 4.68 Å². The summed E-state index contributed by atoms with van der Waals surface area (Å²) in [5, 5.41) is 7.45. The van der Waals surface area contributed by atoms with Gasteiger partial charge in [-0.25, -0.2) is 4.98 Å². The van der Waals surface area contributed by atoms with Crippen molar-refractivity contribution in [2.45, 2.75) is 27.0 Å². The predicted molar refractivity (Wildman–Crippen MR) is 86.0 cm³/mol. The van der Waals surface area contributed by atoms with E-state index in [0.717, 1.165) is 29.1 Å². The zero-order chi connectivity index (χ0) is 15.2. The van der Waals surface area contributed by atoms with E-state index in [1.165, 1.54) is 11.9 Å². The molecule has 21 heavy (non-hydrogen) atoms. The first kappa shape index (κ1) is 16.0. The maximum Gasteiger partial charge on any atom is 0.164 e. The van der Waals surface area contributed by atoms with E-state index in [1.807, 2.05) is 13.1 Å². The van der Waals surface area contributed by atoms with Crippen molar-refractivity contribution in [1.29, 1.82) is 0 Å². The van der Waals surface area contributed by atoms with Crippen LogP contribution in [0.1, 0.15) is 25.2 Å². The molecule has 0 atom stereocenters. The molecule has 2 rings (SSSR count). The summed E-state index contributed by atoms with van der Waals surface area (Å²) in [6, 6.07) is 6.14. The third-order valence-corrected chi connectivity index (χ3v) is 3.66. The van der Waals surface area contributed by atoms with E-state index in [1.54, 1.807) is 4.68 Å². The van der Waals surface area contributed by atoms with Gasteiger partial charge in [-0.1, -0.05) is 19.9 Å². The van der Waals surface area contributed by atoms with Crippen LogP contribution >= 0.6 is 15.9 Å². The number of hydrogen-bond donors (Lipinski definition) is 1. The average Bonchev–Trinajstić information content (AvgIpc) is 2.83. The van der Waals surface area contributed by atoms with Crippen molar-refractivity contribution < 1.29 is 4.74 Å². The molecule has 0 fully saturated rings. The molecule has 0 unspecified atom stereocenters. The highest BCUT2D eigenvalue weighted by Crippen LogP contribution is 2.26. The first-order chi connectivity index (χ1) is 10.1. The smallest absolute Gasteiger partial charge is 0.164 e. The summed E-state index contributed by atoms with van der Waals surface area (Å²) in [5.74, 6) is 2.26. The Balaban J connectivity index is 1.91. The van der Waals surface area contributed by atoms with E-state index >= 15 is 0 Å². The summed E-state index contributed by atoms with van der Waals surface area (Å²) in [6.45, 7) is 6.68. The van der Waals surface area contributed by atoms with Crippen LogP contribution in [0.3, 0.4) is 0 Å². The van der Waals surface area contributed by atoms with E-state index in [4.69, 9.17) is 4.74 Å². The molecule has 0 radical (unpaired) electrons. The Morgan fingerprint density at radius 2 is 2.19 bits per heavy atom. The molecular weight excluding hydrogens is 332 g/mol. The predicted octanol–water partition coefficient (Wildman–Crippen LogP) is 2.90. The lowest BCUT2D eigenvalue weighted by molar-refractivity contribution is 0.288. The first-order valence-corrected chi connectivity index (χ1v) is 7.80. The lowest BCUT2D eigenvalue weighted by atomic mass is 10.2. The third kappa shape index (κ3) is 4.82. The van der Waals surface area contributed by atoms with Gasteiger partial charge in [0, 0.05) is 13.6 Å². The summed E-state index contributed by atoms with van der Waals surface area (Å²) in [6.07, 6.45) is 1.53. The van der Waals surface area contributed by atoms with Crippen LogP contribution in [-0.2, 0) is 20.2 Å². The van der Waals surface area contributed by atoms with Gasteiger partial charge in [-0.2, -0.15) is 5.10 Å². The number of hydrogen-bond acceptors (Lipinski definition) is 4. The Hall–Kier alpha value is -1.40. The lowest BCUT2D eigenvalue weighted by Gasteiger charge is -2.11. The lowest BCUT2D eigenvalue weighted by Crippen LogP contribution is -2.18. The summed E-state index contributed by atoms with van der Waals surface area (Å²) in [7, 11) is 1.85. The van der Waals surface area contributed by atoms with Crippen molar-refractivity contribution in [3.63, 3.8) is 0 Å². The molecule has 1 N–H and O–H groups in total. The van der Waals surface area contributed by atoms with Crippen LogP contribution in [0.2, 0.25) is 0 Å². The van der Waals surface area contributed by atoms with E-state index < -0.39 is 0 Å². The topological polar surface area (TPSA) is 52.0 Å². The van der Waals surface area contributed by atoms with E-state index in [-0.39, 0.29) is 0 Å². The minimum atomic E-state index is 0.403. The van der Waals surface area contributed by atoms with Gasteiger partial charge >= 0.3 is 0 Å². The highest BCUT2D eigenvalue weighted by molar-refractivity contribution is 9.10. The fourth-order valence-corrected chi connectivity index (χ4v) is 2.41. The van der Waals surface area contributed by atoms with Gasteiger partial charge < -0.3 is 10.1 Å². The van der Waals surface area contributed by atoms with Crippen LogP contribution in [0.25, 0.3) is 0 Å². The van der Waals surface area contributed by atoms with Gasteiger partial charge in [0.25, 0.3) is 0 Å². The molecule has 5 nitrogen and oxygen atoms in total. The molecule has 0 amide bonds. The molecule has 1 heterocycles. The molecule has 0 aliphatic carbocycles. The SMILES string of the molecule is CC(C)CNCc1ccc(OCc2ncnn2C)c(Br)c1. The molecule has 0 saturated carbocycles. The number of nitrogens with zero attached hydrogens (tertiary/aromatic N) is 3. The highest BCUT2D eigenvalue weighted by atomic mass is 79.9. The molecular formula is C15H21BrN4O. The van der Waals surface area contributed by atoms with Crippen molar-refractivity contribution in [3.8, 4) is 5.75 Å². The second-order valence-corrected chi connectivity index (χ2v) is 6.23. The van der Waals surface area contributed by atoms with Crippen molar-refractivity contribution in [2.24, 2.45) is 13.0 Å². The molecule has 1 aromatic heterocycles. The van der Waals surface area contributed by atoms with Crippen LogP contribution in [0.15, 0.2) is 29.0 Å². The van der Waals surface area contributed by atoms with E-state index in [2.05, 4.69) is 57.3 Å². The molecule has 2 aromatic rings. The van der Waals surface area contributed by atoms with Gasteiger partial charge in [-0.15, -0.1) is 0 Å². The average molecular weight is 353 g/mol. The zero-order valence-electron chi connectivity index (χ0n) is 12.6. The maximum absolute atomic E-state index is 5.77. The van der Waals surface area contributed by atoms with Crippen LogP contribution in [0.4, 0.5) is 0 Å². The van der Waals surface area contributed by atoms with Crippen LogP contribution in [0, 0.1) is 5.92 Å². The zero-order valence-corrected chi connectivity index (χ0v) is 14.2. The Bertz CT molecular complexity index is 583. The summed E-state index contributed by atoms with van der Waals surface area (Å²) < 4.78 is 8.43. The number of ether oxygens (including phenoxy) is 1. The number of aromatic nitrogens is 3. The van der Waals surface area contributed by atoms with Crippen LogP contribution < -0.4 is 10.1 Å². The molecule has 0 saturated heterocycles. The first-order valence-electron chi connectivity index (χ1n) is 7.01. The van der Waals surface area contributed by atoms with Gasteiger partial charge in [0.05, 0.1) is 4.47 Å². The summed E-state index contributed by atoms with van der Waals surface area (Å²) in [5.41, 5.74) is 1.23. The Morgan fingerprint density at radius 1 is 1.38 bits per heavy atom. The van der Waals surface area contributed by atoms with Gasteiger partial charge in [0.2, 0.25) is 0 Å². The minimum absolute atomic E-state index is 0.403. The van der Waals surface area contributed by atoms with Gasteiger partial charge in [0.15, 0.2) is 5.82 Å². The number of rotatable bonds is 7. The second kappa shape index (κ2) is 7.56. The minimum Gasteiger partial charge on any atom is -0.484 e. The monoisotopic (exact) mass is 352 g/mol. The number of nitrogens with one attached hydrogen (secondary N) is 1. The highest BCUT2D eigenvalue weighted by Gasteiger charge is 2.06. The largest absolute Gasteiger partial charge is 0.484 e. The fraction of sp³-hybridized carbons (Fsp3) is 0.467. The molecule has 6 heteroatoms. The van der Waals surface area contributed by atoms with Gasteiger partial charge in [-0.05, 0) is 46.1 Å². The number of halogens is 1. The second-order valence-electron chi connectivity index (χ2n) is 5.38.